The van der Waals surface area contributed by atoms with Crippen LogP contribution in [-0.4, -0.2) is 53.1 Å². The number of amides is 3. The van der Waals surface area contributed by atoms with E-state index in [0.717, 1.165) is 10.4 Å². The lowest BCUT2D eigenvalue weighted by atomic mass is 9.93. The maximum Gasteiger partial charge on any atom is 0.419 e. The molecule has 2 aromatic carbocycles. The molecule has 3 amide bonds. The zero-order valence-corrected chi connectivity index (χ0v) is 20.8. The second-order valence-corrected chi connectivity index (χ2v) is 10.8. The van der Waals surface area contributed by atoms with Gasteiger partial charge < -0.3 is 15.4 Å². The summed E-state index contributed by atoms with van der Waals surface area (Å²) in [4.78, 5) is 41.4. The summed E-state index contributed by atoms with van der Waals surface area (Å²) < 4.78 is 70.2. The van der Waals surface area contributed by atoms with Gasteiger partial charge >= 0.3 is 12.1 Å². The zero-order chi connectivity index (χ0) is 27.9. The lowest BCUT2D eigenvalue weighted by Gasteiger charge is -2.51. The number of nitrogens with one attached hydrogen (secondary N) is 2. The number of anilines is 2. The molecule has 1 aliphatic carbocycles. The van der Waals surface area contributed by atoms with Crippen molar-refractivity contribution in [1.29, 1.82) is 0 Å². The first-order valence-electron chi connectivity index (χ1n) is 11.7. The number of benzene rings is 2. The molecule has 39 heavy (non-hydrogen) atoms. The molecule has 0 radical (unpaired) electrons. The van der Waals surface area contributed by atoms with Crippen molar-refractivity contribution in [2.45, 2.75) is 42.7 Å². The number of aromatic nitrogens is 2. The maximum atomic E-state index is 13.5. The third-order valence-corrected chi connectivity index (χ3v) is 8.40. The van der Waals surface area contributed by atoms with Crippen LogP contribution in [0.1, 0.15) is 36.0 Å². The number of urea groups is 1. The van der Waals surface area contributed by atoms with Crippen molar-refractivity contribution in [2.75, 3.05) is 10.6 Å². The SMILES string of the molecule is O=C(Nc1cc(F)c(F)c(F)c1)c1ccc2c(c1)S(O)(O)N(C1CCC(OC(=O)n3ccnc3)CC1)C(=O)N2. The molecule has 1 aliphatic heterocycles. The summed E-state index contributed by atoms with van der Waals surface area (Å²) in [6.07, 6.45) is 4.51. The summed E-state index contributed by atoms with van der Waals surface area (Å²) in [5.74, 6) is -5.52. The topological polar surface area (TPSA) is 146 Å². The Morgan fingerprint density at radius 2 is 1.77 bits per heavy atom. The number of nitrogens with zero attached hydrogens (tertiary/aromatic N) is 3. The van der Waals surface area contributed by atoms with Crippen LogP contribution in [0.2, 0.25) is 0 Å². The van der Waals surface area contributed by atoms with Gasteiger partial charge in [-0.25, -0.2) is 36.6 Å². The molecule has 0 spiro atoms. The average molecular weight is 566 g/mol. The molecule has 15 heteroatoms. The average Bonchev–Trinajstić information content (AvgIpc) is 3.43. The second kappa shape index (κ2) is 10.2. The first-order valence-corrected chi connectivity index (χ1v) is 13.2. The summed E-state index contributed by atoms with van der Waals surface area (Å²) in [7, 11) is -3.90. The van der Waals surface area contributed by atoms with Crippen molar-refractivity contribution in [2.24, 2.45) is 0 Å². The molecule has 2 heterocycles. The summed E-state index contributed by atoms with van der Waals surface area (Å²) in [5.41, 5.74) is -0.374. The third-order valence-electron chi connectivity index (χ3n) is 6.45. The summed E-state index contributed by atoms with van der Waals surface area (Å²) in [6.45, 7) is 0. The molecule has 0 saturated heterocycles. The highest BCUT2D eigenvalue weighted by atomic mass is 32.3. The van der Waals surface area contributed by atoms with E-state index in [-0.39, 0.29) is 21.8 Å². The molecule has 4 N–H and O–H groups in total. The number of rotatable bonds is 4. The Labute approximate surface area is 221 Å². The molecule has 1 saturated carbocycles. The monoisotopic (exact) mass is 565 g/mol. The Bertz CT molecular complexity index is 1420. The number of halogens is 3. The van der Waals surface area contributed by atoms with Gasteiger partial charge in [-0.05, 0) is 43.9 Å². The number of imidazole rings is 1. The first-order chi connectivity index (χ1) is 18.5. The van der Waals surface area contributed by atoms with Crippen molar-refractivity contribution in [1.82, 2.24) is 13.9 Å². The molecule has 0 atom stereocenters. The normalized spacial score (nSPS) is 20.9. The predicted molar refractivity (Wildman–Crippen MR) is 133 cm³/mol. The van der Waals surface area contributed by atoms with Crippen LogP contribution < -0.4 is 10.6 Å². The molecule has 1 aromatic heterocycles. The summed E-state index contributed by atoms with van der Waals surface area (Å²) in [5, 5.41) is 4.81. The van der Waals surface area contributed by atoms with Crippen LogP contribution in [0, 0.1) is 17.5 Å². The molecule has 0 unspecified atom stereocenters. The van der Waals surface area contributed by atoms with Gasteiger partial charge in [-0.15, -0.1) is 0 Å². The summed E-state index contributed by atoms with van der Waals surface area (Å²) >= 11 is 0. The predicted octanol–water partition coefficient (Wildman–Crippen LogP) is 5.42. The highest BCUT2D eigenvalue weighted by Gasteiger charge is 2.43. The Kier molecular flexibility index (Phi) is 6.96. The number of carbonyl (C=O) groups excluding carboxylic acids is 3. The van der Waals surface area contributed by atoms with E-state index in [0.29, 0.717) is 37.8 Å². The van der Waals surface area contributed by atoms with Gasteiger partial charge in [-0.2, -0.15) is 0 Å². The van der Waals surface area contributed by atoms with E-state index in [1.54, 1.807) is 0 Å². The molecule has 5 rings (SSSR count). The van der Waals surface area contributed by atoms with Crippen molar-refractivity contribution >= 4 is 40.2 Å². The van der Waals surface area contributed by atoms with Crippen LogP contribution in [0.15, 0.2) is 53.9 Å². The Balaban J connectivity index is 1.30. The molecule has 2 aliphatic rings. The van der Waals surface area contributed by atoms with E-state index < -0.39 is 58.4 Å². The van der Waals surface area contributed by atoms with Gasteiger partial charge in [0, 0.05) is 35.8 Å². The fourth-order valence-corrected chi connectivity index (χ4v) is 6.37. The number of ether oxygens (including phenoxy) is 1. The van der Waals surface area contributed by atoms with Crippen LogP contribution in [0.25, 0.3) is 0 Å². The number of hydrogen-bond acceptors (Lipinski definition) is 7. The minimum absolute atomic E-state index is 0.0784. The van der Waals surface area contributed by atoms with E-state index >= 15 is 0 Å². The molecule has 206 valence electrons. The maximum absolute atomic E-state index is 13.5. The van der Waals surface area contributed by atoms with Gasteiger partial charge in [0.25, 0.3) is 5.91 Å². The molecular weight excluding hydrogens is 543 g/mol. The van der Waals surface area contributed by atoms with Crippen LogP contribution >= 0.6 is 10.8 Å². The lowest BCUT2D eigenvalue weighted by Crippen LogP contribution is -2.49. The van der Waals surface area contributed by atoms with Crippen LogP contribution in [0.4, 0.5) is 34.1 Å². The van der Waals surface area contributed by atoms with E-state index in [4.69, 9.17) is 4.74 Å². The molecule has 3 aromatic rings. The first kappa shape index (κ1) is 26.5. The second-order valence-electron chi connectivity index (χ2n) is 8.98. The van der Waals surface area contributed by atoms with Gasteiger partial charge in [0.1, 0.15) is 17.3 Å². The van der Waals surface area contributed by atoms with Crippen molar-refractivity contribution in [3.05, 3.63) is 72.1 Å². The quantitative estimate of drug-likeness (QED) is 0.309. The Hall–Kier alpha value is -4.08. The van der Waals surface area contributed by atoms with Crippen molar-refractivity contribution < 1.29 is 41.4 Å². The fraction of sp³-hybridized carbons (Fsp3) is 0.250. The van der Waals surface area contributed by atoms with Crippen molar-refractivity contribution in [3.63, 3.8) is 0 Å². The van der Waals surface area contributed by atoms with Crippen LogP contribution in [0.3, 0.4) is 0 Å². The Morgan fingerprint density at radius 3 is 2.41 bits per heavy atom. The fourth-order valence-electron chi connectivity index (χ4n) is 4.56. The number of carbonyl (C=O) groups is 3. The van der Waals surface area contributed by atoms with E-state index in [2.05, 4.69) is 15.6 Å². The number of hydrogen-bond donors (Lipinski definition) is 4. The van der Waals surface area contributed by atoms with Gasteiger partial charge in [-0.3, -0.25) is 13.9 Å². The van der Waals surface area contributed by atoms with Crippen LogP contribution in [-0.2, 0) is 4.74 Å². The lowest BCUT2D eigenvalue weighted by molar-refractivity contribution is 0.0634. The van der Waals surface area contributed by atoms with Gasteiger partial charge in [0.2, 0.25) is 0 Å². The highest BCUT2D eigenvalue weighted by Crippen LogP contribution is 2.59. The zero-order valence-electron chi connectivity index (χ0n) is 20.0. The van der Waals surface area contributed by atoms with E-state index in [1.165, 1.54) is 35.4 Å². The van der Waals surface area contributed by atoms with Gasteiger partial charge in [0.15, 0.2) is 17.5 Å². The minimum atomic E-state index is -3.90. The molecule has 11 nitrogen and oxygen atoms in total. The highest BCUT2D eigenvalue weighted by molar-refractivity contribution is 8.23. The third kappa shape index (κ3) is 5.15. The van der Waals surface area contributed by atoms with Crippen LogP contribution in [0.5, 0.6) is 0 Å². The van der Waals surface area contributed by atoms with E-state index in [1.807, 2.05) is 0 Å². The molecule has 1 fully saturated rings. The van der Waals surface area contributed by atoms with E-state index in [9.17, 15) is 36.7 Å². The molecule has 0 bridgehead atoms. The smallest absolute Gasteiger partial charge is 0.419 e. The van der Waals surface area contributed by atoms with Gasteiger partial charge in [0.05, 0.1) is 11.7 Å². The Morgan fingerprint density at radius 1 is 1.08 bits per heavy atom. The van der Waals surface area contributed by atoms with Gasteiger partial charge in [-0.1, -0.05) is 10.8 Å². The minimum Gasteiger partial charge on any atom is -0.446 e. The molecular formula is C24H22F3N5O6S. The standard InChI is InChI=1S/C24H22F3N5O6S/c25-17-10-14(11-18(26)21(17)27)29-22(33)13-1-6-19-20(9-13)39(36,37)32(23(34)30-19)15-2-4-16(5-3-15)38-24(35)31-8-7-28-12-31/h1,6-12,15-16,36-37H,2-5H2,(H,29,33)(H,30,34). The number of fused-ring (bicyclic) bond motifs is 1. The summed E-state index contributed by atoms with van der Waals surface area (Å²) in [6, 6.07) is 3.59. The largest absolute Gasteiger partial charge is 0.446 e. The van der Waals surface area contributed by atoms with Crippen molar-refractivity contribution in [3.8, 4) is 0 Å².